The first-order valence-electron chi connectivity index (χ1n) is 5.74. The number of aryl methyl sites for hydroxylation is 1. The Kier molecular flexibility index (Phi) is 3.75. The highest BCUT2D eigenvalue weighted by Gasteiger charge is 2.07. The average molecular weight is 260 g/mol. The average Bonchev–Trinajstić information content (AvgIpc) is 2.39. The molecule has 4 nitrogen and oxygen atoms in total. The van der Waals surface area contributed by atoms with Crippen LogP contribution in [0.25, 0.3) is 0 Å². The highest BCUT2D eigenvalue weighted by molar-refractivity contribution is 5.88. The van der Waals surface area contributed by atoms with E-state index in [0.29, 0.717) is 6.54 Å². The first kappa shape index (κ1) is 13.0. The zero-order valence-electron chi connectivity index (χ0n) is 10.4. The Labute approximate surface area is 109 Å². The summed E-state index contributed by atoms with van der Waals surface area (Å²) in [5.41, 5.74) is 2.04. The van der Waals surface area contributed by atoms with E-state index in [2.05, 4.69) is 10.3 Å². The molecule has 98 valence electrons. The number of rotatable bonds is 4. The number of aromatic nitrogens is 1. The number of carboxylic acid groups (broad SMARTS) is 1. The molecule has 5 heteroatoms. The molecule has 0 aliphatic heterocycles. The van der Waals surface area contributed by atoms with Gasteiger partial charge in [-0.05, 0) is 36.8 Å². The highest BCUT2D eigenvalue weighted by Crippen LogP contribution is 2.16. The highest BCUT2D eigenvalue weighted by atomic mass is 19.1. The number of pyridine rings is 1. The molecule has 1 aromatic carbocycles. The van der Waals surface area contributed by atoms with E-state index in [1.165, 1.54) is 12.1 Å². The Morgan fingerprint density at radius 2 is 2.16 bits per heavy atom. The van der Waals surface area contributed by atoms with Gasteiger partial charge in [-0.15, -0.1) is 0 Å². The number of hydrogen-bond acceptors (Lipinski definition) is 3. The van der Waals surface area contributed by atoms with Crippen molar-refractivity contribution < 1.29 is 14.3 Å². The smallest absolute Gasteiger partial charge is 0.335 e. The third-order valence-corrected chi connectivity index (χ3v) is 2.67. The first-order chi connectivity index (χ1) is 9.06. The van der Waals surface area contributed by atoms with Gasteiger partial charge in [-0.1, -0.05) is 6.07 Å². The monoisotopic (exact) mass is 260 g/mol. The lowest BCUT2D eigenvalue weighted by atomic mass is 10.2. The molecule has 0 aliphatic carbocycles. The molecular weight excluding hydrogens is 247 g/mol. The zero-order chi connectivity index (χ0) is 13.8. The SMILES string of the molecule is Cc1ccc(CNc2ccc(C(=O)O)cc2F)cn1. The molecule has 0 unspecified atom stereocenters. The Balaban J connectivity index is 2.07. The first-order valence-corrected chi connectivity index (χ1v) is 5.74. The number of nitrogens with zero attached hydrogens (tertiary/aromatic N) is 1. The van der Waals surface area contributed by atoms with Gasteiger partial charge in [0.25, 0.3) is 0 Å². The lowest BCUT2D eigenvalue weighted by Gasteiger charge is -2.08. The normalized spacial score (nSPS) is 10.2. The number of carbonyl (C=O) groups is 1. The number of benzene rings is 1. The molecule has 2 N–H and O–H groups in total. The Bertz CT molecular complexity index is 597. The molecule has 0 spiro atoms. The van der Waals surface area contributed by atoms with Crippen LogP contribution in [0.3, 0.4) is 0 Å². The minimum atomic E-state index is -1.15. The van der Waals surface area contributed by atoms with Gasteiger partial charge in [-0.25, -0.2) is 9.18 Å². The Morgan fingerprint density at radius 3 is 2.74 bits per heavy atom. The maximum absolute atomic E-state index is 13.6. The van der Waals surface area contributed by atoms with E-state index in [0.717, 1.165) is 17.3 Å². The van der Waals surface area contributed by atoms with E-state index in [4.69, 9.17) is 5.11 Å². The van der Waals surface area contributed by atoms with E-state index in [1.807, 2.05) is 19.1 Å². The van der Waals surface area contributed by atoms with E-state index in [9.17, 15) is 9.18 Å². The lowest BCUT2D eigenvalue weighted by Crippen LogP contribution is -2.04. The second kappa shape index (κ2) is 5.48. The summed E-state index contributed by atoms with van der Waals surface area (Å²) < 4.78 is 13.6. The number of halogens is 1. The Hall–Kier alpha value is -2.43. The standard InChI is InChI=1S/C14H13FN2O2/c1-9-2-3-10(7-16-9)8-17-13-5-4-11(14(18)19)6-12(13)15/h2-7,17H,8H2,1H3,(H,18,19). The second-order valence-electron chi connectivity index (χ2n) is 4.16. The van der Waals surface area contributed by atoms with Gasteiger partial charge in [0.15, 0.2) is 0 Å². The summed E-state index contributed by atoms with van der Waals surface area (Å²) in [6.45, 7) is 2.32. The predicted octanol–water partition coefficient (Wildman–Crippen LogP) is 2.84. The summed E-state index contributed by atoms with van der Waals surface area (Å²) in [5.74, 6) is -1.73. The van der Waals surface area contributed by atoms with Crippen molar-refractivity contribution in [2.75, 3.05) is 5.32 Å². The molecule has 2 rings (SSSR count). The van der Waals surface area contributed by atoms with Crippen molar-refractivity contribution in [3.8, 4) is 0 Å². The van der Waals surface area contributed by atoms with Crippen LogP contribution in [0.15, 0.2) is 36.5 Å². The fourth-order valence-corrected chi connectivity index (χ4v) is 1.59. The fourth-order valence-electron chi connectivity index (χ4n) is 1.59. The van der Waals surface area contributed by atoms with Gasteiger partial charge in [0.1, 0.15) is 5.82 Å². The second-order valence-corrected chi connectivity index (χ2v) is 4.16. The summed E-state index contributed by atoms with van der Waals surface area (Å²) in [6.07, 6.45) is 1.71. The van der Waals surface area contributed by atoms with E-state index >= 15 is 0 Å². The summed E-state index contributed by atoms with van der Waals surface area (Å²) in [7, 11) is 0. The third-order valence-electron chi connectivity index (χ3n) is 2.67. The predicted molar refractivity (Wildman–Crippen MR) is 69.7 cm³/mol. The number of nitrogens with one attached hydrogen (secondary N) is 1. The summed E-state index contributed by atoms with van der Waals surface area (Å²) in [5, 5.41) is 11.6. The maximum atomic E-state index is 13.6. The largest absolute Gasteiger partial charge is 0.478 e. The topological polar surface area (TPSA) is 62.2 Å². The van der Waals surface area contributed by atoms with Crippen LogP contribution in [0.2, 0.25) is 0 Å². The van der Waals surface area contributed by atoms with Gasteiger partial charge in [-0.2, -0.15) is 0 Å². The van der Waals surface area contributed by atoms with Gasteiger partial charge in [0.05, 0.1) is 11.3 Å². The van der Waals surface area contributed by atoms with Crippen molar-refractivity contribution in [3.05, 3.63) is 59.2 Å². The molecule has 0 atom stereocenters. The van der Waals surface area contributed by atoms with Gasteiger partial charge in [-0.3, -0.25) is 4.98 Å². The van der Waals surface area contributed by atoms with E-state index < -0.39 is 11.8 Å². The summed E-state index contributed by atoms with van der Waals surface area (Å²) in [6, 6.07) is 7.55. The molecule has 1 heterocycles. The molecule has 0 fully saturated rings. The zero-order valence-corrected chi connectivity index (χ0v) is 10.4. The third kappa shape index (κ3) is 3.28. The van der Waals surface area contributed by atoms with Gasteiger partial charge in [0.2, 0.25) is 0 Å². The van der Waals surface area contributed by atoms with Crippen LogP contribution in [-0.4, -0.2) is 16.1 Å². The quantitative estimate of drug-likeness (QED) is 0.887. The number of hydrogen-bond donors (Lipinski definition) is 2. The van der Waals surface area contributed by atoms with Crippen molar-refractivity contribution in [2.45, 2.75) is 13.5 Å². The lowest BCUT2D eigenvalue weighted by molar-refractivity contribution is 0.0696. The van der Waals surface area contributed by atoms with Crippen molar-refractivity contribution >= 4 is 11.7 Å². The van der Waals surface area contributed by atoms with Crippen LogP contribution < -0.4 is 5.32 Å². The molecule has 1 aromatic heterocycles. The maximum Gasteiger partial charge on any atom is 0.335 e. The minimum Gasteiger partial charge on any atom is -0.478 e. The number of carboxylic acids is 1. The molecule has 19 heavy (non-hydrogen) atoms. The van der Waals surface area contributed by atoms with E-state index in [1.54, 1.807) is 6.20 Å². The minimum absolute atomic E-state index is 0.0694. The molecule has 0 saturated heterocycles. The van der Waals surface area contributed by atoms with Gasteiger partial charge >= 0.3 is 5.97 Å². The van der Waals surface area contributed by atoms with Crippen LogP contribution in [0, 0.1) is 12.7 Å². The molecule has 0 radical (unpaired) electrons. The van der Waals surface area contributed by atoms with Crippen molar-refractivity contribution in [1.82, 2.24) is 4.98 Å². The summed E-state index contributed by atoms with van der Waals surface area (Å²) >= 11 is 0. The van der Waals surface area contributed by atoms with Crippen LogP contribution in [0.1, 0.15) is 21.6 Å². The molecule has 0 saturated carbocycles. The molecule has 0 aliphatic rings. The molecule has 2 aromatic rings. The van der Waals surface area contributed by atoms with Crippen molar-refractivity contribution in [3.63, 3.8) is 0 Å². The number of anilines is 1. The van der Waals surface area contributed by atoms with Crippen LogP contribution in [0.4, 0.5) is 10.1 Å². The fraction of sp³-hybridized carbons (Fsp3) is 0.143. The van der Waals surface area contributed by atoms with Gasteiger partial charge in [0, 0.05) is 18.4 Å². The molecule has 0 bridgehead atoms. The molecule has 0 amide bonds. The van der Waals surface area contributed by atoms with Crippen LogP contribution in [-0.2, 0) is 6.54 Å². The van der Waals surface area contributed by atoms with Gasteiger partial charge < -0.3 is 10.4 Å². The van der Waals surface area contributed by atoms with Crippen molar-refractivity contribution in [2.24, 2.45) is 0 Å². The Morgan fingerprint density at radius 1 is 1.37 bits per heavy atom. The summed E-state index contributed by atoms with van der Waals surface area (Å²) in [4.78, 5) is 14.8. The van der Waals surface area contributed by atoms with Crippen LogP contribution >= 0.6 is 0 Å². The number of aromatic carboxylic acids is 1. The van der Waals surface area contributed by atoms with Crippen molar-refractivity contribution in [1.29, 1.82) is 0 Å². The molecular formula is C14H13FN2O2. The van der Waals surface area contributed by atoms with E-state index in [-0.39, 0.29) is 11.3 Å². The van der Waals surface area contributed by atoms with Crippen LogP contribution in [0.5, 0.6) is 0 Å².